The highest BCUT2D eigenvalue weighted by atomic mass is 79.9. The number of ether oxygens (including phenoxy) is 1. The van der Waals surface area contributed by atoms with Crippen LogP contribution in [0.15, 0.2) is 46.9 Å². The Balaban J connectivity index is 1.74. The highest BCUT2D eigenvalue weighted by Gasteiger charge is 2.32. The molecule has 0 spiro atoms. The van der Waals surface area contributed by atoms with Crippen molar-refractivity contribution in [3.8, 4) is 5.75 Å². The summed E-state index contributed by atoms with van der Waals surface area (Å²) in [5, 5.41) is 0. The zero-order valence-electron chi connectivity index (χ0n) is 14.9. The Morgan fingerprint density at radius 1 is 1.32 bits per heavy atom. The van der Waals surface area contributed by atoms with Crippen LogP contribution >= 0.6 is 15.9 Å². The average Bonchev–Trinajstić information content (AvgIpc) is 3.04. The van der Waals surface area contributed by atoms with Crippen molar-refractivity contribution in [3.05, 3.63) is 58.1 Å². The molecule has 0 fully saturated rings. The summed E-state index contributed by atoms with van der Waals surface area (Å²) in [5.74, 6) is 1.03. The Kier molecular flexibility index (Phi) is 5.45. The summed E-state index contributed by atoms with van der Waals surface area (Å²) in [7, 11) is 3.74. The maximum Gasteiger partial charge on any atom is 0.284 e. The number of benzene rings is 2. The third-order valence-electron chi connectivity index (χ3n) is 4.97. The molecular weight excluding hydrogens is 380 g/mol. The van der Waals surface area contributed by atoms with E-state index in [2.05, 4.69) is 35.1 Å². The second kappa shape index (κ2) is 7.58. The molecule has 0 aliphatic carbocycles. The van der Waals surface area contributed by atoms with E-state index >= 15 is 0 Å². The summed E-state index contributed by atoms with van der Waals surface area (Å²) in [5.41, 5.74) is 3.41. The molecule has 0 saturated heterocycles. The second-order valence-electron chi connectivity index (χ2n) is 6.57. The number of hydrogen-bond donors (Lipinski definition) is 1. The van der Waals surface area contributed by atoms with Crippen LogP contribution in [0.2, 0.25) is 0 Å². The number of likely N-dealkylation sites (N-methyl/N-ethyl adjacent to an activating group) is 1. The van der Waals surface area contributed by atoms with E-state index in [1.54, 1.807) is 7.11 Å². The Hall–Kier alpha value is -1.85. The Morgan fingerprint density at radius 3 is 2.84 bits per heavy atom. The van der Waals surface area contributed by atoms with Crippen molar-refractivity contribution in [2.24, 2.45) is 0 Å². The van der Waals surface area contributed by atoms with Crippen molar-refractivity contribution in [1.82, 2.24) is 0 Å². The quantitative estimate of drug-likeness (QED) is 0.831. The standard InChI is InChI=1S/C20H23BrN2O2/c1-14(20(24)23-11-10-15-6-4-5-7-18(15)23)22(2)13-16-12-17(21)8-9-19(16)25-3/h4-9,12,14H,10-11,13H2,1-3H3/p+1/t14-/m1/s1. The van der Waals surface area contributed by atoms with Crippen molar-refractivity contribution in [3.63, 3.8) is 0 Å². The molecule has 0 saturated carbocycles. The Morgan fingerprint density at radius 2 is 2.08 bits per heavy atom. The van der Waals surface area contributed by atoms with Gasteiger partial charge in [0.05, 0.1) is 14.2 Å². The molecule has 2 aromatic carbocycles. The lowest BCUT2D eigenvalue weighted by Gasteiger charge is -2.26. The number of amides is 1. The molecule has 2 atom stereocenters. The first-order valence-electron chi connectivity index (χ1n) is 8.55. The minimum absolute atomic E-state index is 0.130. The van der Waals surface area contributed by atoms with Crippen molar-refractivity contribution < 1.29 is 14.4 Å². The molecule has 25 heavy (non-hydrogen) atoms. The maximum absolute atomic E-state index is 13.0. The summed E-state index contributed by atoms with van der Waals surface area (Å²) in [6, 6.07) is 14.0. The van der Waals surface area contributed by atoms with E-state index < -0.39 is 0 Å². The molecule has 2 aromatic rings. The maximum atomic E-state index is 13.0. The number of carbonyl (C=O) groups is 1. The summed E-state index contributed by atoms with van der Waals surface area (Å²) in [4.78, 5) is 16.1. The zero-order chi connectivity index (χ0) is 18.0. The summed E-state index contributed by atoms with van der Waals surface area (Å²) < 4.78 is 6.48. The molecule has 1 N–H and O–H groups in total. The second-order valence-corrected chi connectivity index (χ2v) is 7.49. The molecule has 1 amide bonds. The molecule has 1 heterocycles. The molecule has 1 aliphatic rings. The van der Waals surface area contributed by atoms with Crippen LogP contribution in [0.4, 0.5) is 5.69 Å². The van der Waals surface area contributed by atoms with Gasteiger partial charge >= 0.3 is 0 Å². The first kappa shape index (κ1) is 18.0. The SMILES string of the molecule is COc1ccc(Br)cc1C[NH+](C)[C@H](C)C(=O)N1CCc2ccccc21. The highest BCUT2D eigenvalue weighted by molar-refractivity contribution is 9.10. The van der Waals surface area contributed by atoms with Crippen LogP contribution in [-0.4, -0.2) is 32.7 Å². The number of para-hydroxylation sites is 1. The van der Waals surface area contributed by atoms with Gasteiger partial charge in [-0.2, -0.15) is 0 Å². The lowest BCUT2D eigenvalue weighted by molar-refractivity contribution is -0.908. The van der Waals surface area contributed by atoms with Gasteiger partial charge in [-0.25, -0.2) is 0 Å². The topological polar surface area (TPSA) is 34.0 Å². The predicted octanol–water partition coefficient (Wildman–Crippen LogP) is 2.45. The predicted molar refractivity (Wildman–Crippen MR) is 103 cm³/mol. The van der Waals surface area contributed by atoms with Crippen molar-refractivity contribution >= 4 is 27.5 Å². The van der Waals surface area contributed by atoms with Gasteiger partial charge in [0.1, 0.15) is 12.3 Å². The number of quaternary nitrogens is 1. The molecule has 1 unspecified atom stereocenters. The van der Waals surface area contributed by atoms with E-state index in [1.165, 1.54) is 5.56 Å². The van der Waals surface area contributed by atoms with Gasteiger partial charge < -0.3 is 14.5 Å². The van der Waals surface area contributed by atoms with Gasteiger partial charge in [-0.3, -0.25) is 4.79 Å². The fourth-order valence-corrected chi connectivity index (χ4v) is 3.76. The van der Waals surface area contributed by atoms with Crippen molar-refractivity contribution in [2.45, 2.75) is 25.9 Å². The first-order valence-corrected chi connectivity index (χ1v) is 9.34. The number of methoxy groups -OCH3 is 1. The molecule has 4 nitrogen and oxygen atoms in total. The number of halogens is 1. The van der Waals surface area contributed by atoms with E-state index in [0.717, 1.165) is 45.9 Å². The fourth-order valence-electron chi connectivity index (χ4n) is 3.35. The lowest BCUT2D eigenvalue weighted by atomic mass is 10.1. The third-order valence-corrected chi connectivity index (χ3v) is 5.47. The molecule has 0 radical (unpaired) electrons. The normalized spacial score (nSPS) is 15.6. The van der Waals surface area contributed by atoms with Crippen LogP contribution in [-0.2, 0) is 17.8 Å². The van der Waals surface area contributed by atoms with Gasteiger partial charge in [0.2, 0.25) is 0 Å². The van der Waals surface area contributed by atoms with Crippen LogP contribution in [0.25, 0.3) is 0 Å². The lowest BCUT2D eigenvalue weighted by Crippen LogP contribution is -3.12. The first-order chi connectivity index (χ1) is 12.0. The Labute approximate surface area is 157 Å². The number of fused-ring (bicyclic) bond motifs is 1. The number of nitrogens with one attached hydrogen (secondary N) is 1. The highest BCUT2D eigenvalue weighted by Crippen LogP contribution is 2.27. The summed E-state index contributed by atoms with van der Waals surface area (Å²) in [6.45, 7) is 3.50. The van der Waals surface area contributed by atoms with Crippen LogP contribution in [0.1, 0.15) is 18.1 Å². The number of rotatable bonds is 5. The average molecular weight is 404 g/mol. The monoisotopic (exact) mass is 403 g/mol. The number of hydrogen-bond acceptors (Lipinski definition) is 2. The van der Waals surface area contributed by atoms with E-state index in [1.807, 2.05) is 42.2 Å². The van der Waals surface area contributed by atoms with Gasteiger partial charge in [-0.05, 0) is 43.2 Å². The number of anilines is 1. The largest absolute Gasteiger partial charge is 0.496 e. The van der Waals surface area contributed by atoms with Gasteiger partial charge in [0.15, 0.2) is 6.04 Å². The molecule has 0 aromatic heterocycles. The minimum Gasteiger partial charge on any atom is -0.496 e. The summed E-state index contributed by atoms with van der Waals surface area (Å²) in [6.07, 6.45) is 0.938. The molecule has 132 valence electrons. The van der Waals surface area contributed by atoms with E-state index in [4.69, 9.17) is 4.74 Å². The van der Waals surface area contributed by atoms with E-state index in [0.29, 0.717) is 0 Å². The number of carbonyl (C=O) groups excluding carboxylic acids is 1. The summed E-state index contributed by atoms with van der Waals surface area (Å²) >= 11 is 3.51. The van der Waals surface area contributed by atoms with Crippen molar-refractivity contribution in [1.29, 1.82) is 0 Å². The van der Waals surface area contributed by atoms with Crippen LogP contribution in [0.5, 0.6) is 5.75 Å². The van der Waals surface area contributed by atoms with Gasteiger partial charge in [0.25, 0.3) is 5.91 Å². The Bertz CT molecular complexity index is 778. The van der Waals surface area contributed by atoms with Crippen molar-refractivity contribution in [2.75, 3.05) is 25.6 Å². The molecular formula is C20H24BrN2O2+. The van der Waals surface area contributed by atoms with Gasteiger partial charge in [0, 0.05) is 22.3 Å². The third kappa shape index (κ3) is 3.72. The van der Waals surface area contributed by atoms with E-state index in [9.17, 15) is 4.79 Å². The van der Waals surface area contributed by atoms with Crippen LogP contribution in [0.3, 0.4) is 0 Å². The van der Waals surface area contributed by atoms with E-state index in [-0.39, 0.29) is 11.9 Å². The zero-order valence-corrected chi connectivity index (χ0v) is 16.5. The smallest absolute Gasteiger partial charge is 0.284 e. The van der Waals surface area contributed by atoms with Crippen LogP contribution < -0.4 is 14.5 Å². The molecule has 0 bridgehead atoms. The molecule has 3 rings (SSSR count). The van der Waals surface area contributed by atoms with Gasteiger partial charge in [-0.15, -0.1) is 0 Å². The molecule has 1 aliphatic heterocycles. The number of nitrogens with zero attached hydrogens (tertiary/aromatic N) is 1. The van der Waals surface area contributed by atoms with Gasteiger partial charge in [-0.1, -0.05) is 34.1 Å². The fraction of sp³-hybridized carbons (Fsp3) is 0.350. The van der Waals surface area contributed by atoms with Crippen LogP contribution in [0, 0.1) is 0 Å². The molecule has 5 heteroatoms. The minimum atomic E-state index is -0.130.